The molecule has 0 heterocycles. The average molecular weight is 490 g/mol. The molecule has 2 N–H and O–H groups in total. The molecular formula is C22H23ClF3NO4S. The minimum absolute atomic E-state index is 0.0450. The van der Waals surface area contributed by atoms with Gasteiger partial charge in [-0.25, -0.2) is 21.6 Å². The third-order valence-corrected chi connectivity index (χ3v) is 8.28. The third kappa shape index (κ3) is 5.44. The smallest absolute Gasteiger partial charge is 0.255 e. The number of sulfone groups is 1. The van der Waals surface area contributed by atoms with Crippen LogP contribution in [0, 0.1) is 28.8 Å². The number of aliphatic hydroxyl groups excluding tert-OH is 1. The summed E-state index contributed by atoms with van der Waals surface area (Å²) in [7, 11) is -3.83. The van der Waals surface area contributed by atoms with Gasteiger partial charge in [0, 0.05) is 30.0 Å². The number of benzene rings is 2. The molecule has 32 heavy (non-hydrogen) atoms. The van der Waals surface area contributed by atoms with Crippen molar-refractivity contribution in [3.8, 4) is 0 Å². The van der Waals surface area contributed by atoms with Crippen LogP contribution in [0.5, 0.6) is 0 Å². The van der Waals surface area contributed by atoms with Crippen LogP contribution in [0.3, 0.4) is 0 Å². The fourth-order valence-electron chi connectivity index (χ4n) is 3.81. The lowest BCUT2D eigenvalue weighted by atomic mass is 9.73. The monoisotopic (exact) mass is 489 g/mol. The molecule has 0 radical (unpaired) electrons. The van der Waals surface area contributed by atoms with Gasteiger partial charge < -0.3 is 10.4 Å². The van der Waals surface area contributed by atoms with E-state index < -0.39 is 33.2 Å². The van der Waals surface area contributed by atoms with Crippen molar-refractivity contribution < 1.29 is 31.5 Å². The zero-order valence-electron chi connectivity index (χ0n) is 17.3. The first-order chi connectivity index (χ1) is 14.9. The molecule has 2 aromatic rings. The molecule has 0 spiro atoms. The molecule has 0 bridgehead atoms. The minimum atomic E-state index is -3.83. The van der Waals surface area contributed by atoms with Crippen molar-refractivity contribution in [2.24, 2.45) is 11.3 Å². The Morgan fingerprint density at radius 1 is 1.16 bits per heavy atom. The van der Waals surface area contributed by atoms with E-state index in [9.17, 15) is 31.5 Å². The Labute approximate surface area is 189 Å². The molecule has 5 nitrogen and oxygen atoms in total. The Balaban J connectivity index is 1.78. The summed E-state index contributed by atoms with van der Waals surface area (Å²) < 4.78 is 65.9. The molecule has 0 saturated heterocycles. The first kappa shape index (κ1) is 24.5. The molecule has 0 aliphatic heterocycles. The second kappa shape index (κ2) is 9.41. The van der Waals surface area contributed by atoms with Crippen LogP contribution >= 0.6 is 11.6 Å². The fourth-order valence-corrected chi connectivity index (χ4v) is 6.09. The normalized spacial score (nSPS) is 21.4. The maximum atomic E-state index is 13.4. The molecule has 174 valence electrons. The highest BCUT2D eigenvalue weighted by molar-refractivity contribution is 7.91. The highest BCUT2D eigenvalue weighted by atomic mass is 35.5. The van der Waals surface area contributed by atoms with Crippen molar-refractivity contribution in [2.75, 3.05) is 17.7 Å². The summed E-state index contributed by atoms with van der Waals surface area (Å²) in [5.41, 5.74) is -0.607. The lowest BCUT2D eigenvalue weighted by molar-refractivity contribution is 0.0851. The van der Waals surface area contributed by atoms with E-state index in [4.69, 9.17) is 11.6 Å². The summed E-state index contributed by atoms with van der Waals surface area (Å²) in [5.74, 6) is -5.68. The number of halogens is 4. The maximum Gasteiger partial charge on any atom is 0.255 e. The van der Waals surface area contributed by atoms with Gasteiger partial charge in [-0.2, -0.15) is 0 Å². The van der Waals surface area contributed by atoms with E-state index in [1.807, 2.05) is 6.92 Å². The molecular weight excluding hydrogens is 467 g/mol. The van der Waals surface area contributed by atoms with Crippen LogP contribution in [0.15, 0.2) is 35.2 Å². The number of anilines is 1. The van der Waals surface area contributed by atoms with Gasteiger partial charge >= 0.3 is 0 Å². The van der Waals surface area contributed by atoms with Crippen LogP contribution in [-0.2, 0) is 9.84 Å². The van der Waals surface area contributed by atoms with Crippen molar-refractivity contribution in [3.05, 3.63) is 58.4 Å². The van der Waals surface area contributed by atoms with Gasteiger partial charge in [0.2, 0.25) is 0 Å². The molecule has 3 rings (SSSR count). The molecule has 1 saturated carbocycles. The predicted molar refractivity (Wildman–Crippen MR) is 115 cm³/mol. The van der Waals surface area contributed by atoms with E-state index >= 15 is 0 Å². The van der Waals surface area contributed by atoms with Crippen LogP contribution < -0.4 is 5.32 Å². The van der Waals surface area contributed by atoms with E-state index in [0.717, 1.165) is 6.07 Å². The average Bonchev–Trinajstić information content (AvgIpc) is 2.73. The van der Waals surface area contributed by atoms with E-state index in [2.05, 4.69) is 5.32 Å². The standard InChI is InChI=1S/C22H23ClF3NO4S/c1-22(12-28)6-4-13(5-7-22)11-32(30,31)19-8-14(2-3-16(19)23)21(29)27-15-9-17(24)20(26)18(25)10-15/h2-3,8-10,13,28H,4-7,11-12H2,1H3,(H,27,29)/t13-,22+. The molecule has 1 aliphatic carbocycles. The second-order valence-electron chi connectivity index (χ2n) is 8.55. The molecule has 1 fully saturated rings. The van der Waals surface area contributed by atoms with Crippen LogP contribution in [0.4, 0.5) is 18.9 Å². The zero-order valence-corrected chi connectivity index (χ0v) is 18.9. The van der Waals surface area contributed by atoms with Gasteiger partial charge in [0.15, 0.2) is 27.3 Å². The Kier molecular flexibility index (Phi) is 7.21. The highest BCUT2D eigenvalue weighted by Gasteiger charge is 2.33. The number of hydrogen-bond donors (Lipinski definition) is 2. The van der Waals surface area contributed by atoms with Gasteiger partial charge in [0.05, 0.1) is 15.7 Å². The van der Waals surface area contributed by atoms with Crippen LogP contribution in [0.1, 0.15) is 43.0 Å². The van der Waals surface area contributed by atoms with Crippen LogP contribution in [-0.4, -0.2) is 31.8 Å². The van der Waals surface area contributed by atoms with Crippen molar-refractivity contribution in [2.45, 2.75) is 37.5 Å². The number of hydrogen-bond acceptors (Lipinski definition) is 4. The van der Waals surface area contributed by atoms with E-state index in [1.165, 1.54) is 12.1 Å². The van der Waals surface area contributed by atoms with Gasteiger partial charge in [-0.15, -0.1) is 0 Å². The highest BCUT2D eigenvalue weighted by Crippen LogP contribution is 2.39. The predicted octanol–water partition coefficient (Wildman–Crippen LogP) is 4.97. The molecule has 10 heteroatoms. The summed E-state index contributed by atoms with van der Waals surface area (Å²) >= 11 is 6.11. The van der Waals surface area contributed by atoms with Gasteiger partial charge in [-0.1, -0.05) is 18.5 Å². The molecule has 1 amide bonds. The topological polar surface area (TPSA) is 83.5 Å². The Morgan fingerprint density at radius 3 is 2.31 bits per heavy atom. The van der Waals surface area contributed by atoms with Gasteiger partial charge in [0.25, 0.3) is 5.91 Å². The van der Waals surface area contributed by atoms with Gasteiger partial charge in [0.1, 0.15) is 0 Å². The van der Waals surface area contributed by atoms with Crippen LogP contribution in [0.2, 0.25) is 5.02 Å². The van der Waals surface area contributed by atoms with Crippen molar-refractivity contribution in [1.82, 2.24) is 0 Å². The van der Waals surface area contributed by atoms with E-state index in [0.29, 0.717) is 37.8 Å². The lowest BCUT2D eigenvalue weighted by Gasteiger charge is -2.35. The fraction of sp³-hybridized carbons (Fsp3) is 0.409. The summed E-state index contributed by atoms with van der Waals surface area (Å²) in [6, 6.07) is 4.89. The largest absolute Gasteiger partial charge is 0.396 e. The van der Waals surface area contributed by atoms with Crippen molar-refractivity contribution in [3.63, 3.8) is 0 Å². The molecule has 2 aromatic carbocycles. The number of nitrogens with one attached hydrogen (secondary N) is 1. The zero-order chi connectivity index (χ0) is 23.7. The Hall–Kier alpha value is -2.10. The first-order valence-electron chi connectivity index (χ1n) is 10.0. The number of aliphatic hydroxyl groups is 1. The number of amides is 1. The summed E-state index contributed by atoms with van der Waals surface area (Å²) in [6.45, 7) is 2.02. The van der Waals surface area contributed by atoms with Gasteiger partial charge in [-0.3, -0.25) is 4.79 Å². The molecule has 0 aromatic heterocycles. The summed E-state index contributed by atoms with van der Waals surface area (Å²) in [4.78, 5) is 12.3. The third-order valence-electron chi connectivity index (χ3n) is 5.92. The van der Waals surface area contributed by atoms with Gasteiger partial charge in [-0.05, 0) is 55.2 Å². The van der Waals surface area contributed by atoms with E-state index in [1.54, 1.807) is 0 Å². The summed E-state index contributed by atoms with van der Waals surface area (Å²) in [6.07, 6.45) is 2.72. The number of carbonyl (C=O) groups is 1. The van der Waals surface area contributed by atoms with Crippen molar-refractivity contribution >= 4 is 33.0 Å². The first-order valence-corrected chi connectivity index (χ1v) is 12.1. The SMILES string of the molecule is C[C@]1(CO)CC[C@@H](CS(=O)(=O)c2cc(C(=O)Nc3cc(F)c(F)c(F)c3)ccc2Cl)CC1. The number of carbonyl (C=O) groups excluding carboxylic acids is 1. The maximum absolute atomic E-state index is 13.4. The van der Waals surface area contributed by atoms with E-state index in [-0.39, 0.29) is 44.9 Å². The molecule has 0 unspecified atom stereocenters. The summed E-state index contributed by atoms with van der Waals surface area (Å²) in [5, 5.41) is 11.7. The quantitative estimate of drug-likeness (QED) is 0.561. The molecule has 0 atom stereocenters. The second-order valence-corrected chi connectivity index (χ2v) is 11.0. The van der Waals surface area contributed by atoms with Crippen LogP contribution in [0.25, 0.3) is 0 Å². The Bertz CT molecular complexity index is 1110. The molecule has 1 aliphatic rings. The Morgan fingerprint density at radius 2 is 1.75 bits per heavy atom. The lowest BCUT2D eigenvalue weighted by Crippen LogP contribution is -2.30. The van der Waals surface area contributed by atoms with Crippen molar-refractivity contribution in [1.29, 1.82) is 0 Å². The number of rotatable bonds is 6. The minimum Gasteiger partial charge on any atom is -0.396 e.